The minimum Gasteiger partial charge on any atom is -0.507 e. The van der Waals surface area contributed by atoms with E-state index in [9.17, 15) is 19.8 Å². The number of amides is 1. The number of benzene rings is 3. The van der Waals surface area contributed by atoms with Crippen LogP contribution in [0.25, 0.3) is 5.76 Å². The molecule has 156 valence electrons. The molecule has 0 radical (unpaired) electrons. The fourth-order valence-electron chi connectivity index (χ4n) is 3.75. The van der Waals surface area contributed by atoms with E-state index in [1.54, 1.807) is 48.5 Å². The number of phenols is 1. The van der Waals surface area contributed by atoms with Crippen LogP contribution in [-0.2, 0) is 16.0 Å². The predicted octanol–water partition coefficient (Wildman–Crippen LogP) is 5.23. The molecule has 3 aromatic carbocycles. The van der Waals surface area contributed by atoms with Crippen molar-refractivity contribution in [3.05, 3.63) is 100 Å². The van der Waals surface area contributed by atoms with E-state index in [-0.39, 0.29) is 22.1 Å². The first kappa shape index (κ1) is 20.7. The van der Waals surface area contributed by atoms with Crippen molar-refractivity contribution in [3.8, 4) is 5.75 Å². The van der Waals surface area contributed by atoms with Crippen LogP contribution in [-0.4, -0.2) is 21.9 Å². The van der Waals surface area contributed by atoms with Gasteiger partial charge in [0.1, 0.15) is 11.5 Å². The van der Waals surface area contributed by atoms with E-state index in [1.807, 2.05) is 19.1 Å². The monoisotopic (exact) mass is 433 g/mol. The highest BCUT2D eigenvalue weighted by atomic mass is 35.5. The van der Waals surface area contributed by atoms with Crippen LogP contribution in [0, 0.1) is 0 Å². The van der Waals surface area contributed by atoms with Crippen LogP contribution in [0.1, 0.15) is 29.7 Å². The van der Waals surface area contributed by atoms with E-state index in [1.165, 1.54) is 17.0 Å². The first-order valence-electron chi connectivity index (χ1n) is 9.86. The third-order valence-corrected chi connectivity index (χ3v) is 5.70. The average Bonchev–Trinajstić information content (AvgIpc) is 3.06. The third-order valence-electron chi connectivity index (χ3n) is 5.40. The van der Waals surface area contributed by atoms with Crippen LogP contribution in [0.2, 0.25) is 5.02 Å². The zero-order chi connectivity index (χ0) is 22.1. The van der Waals surface area contributed by atoms with Gasteiger partial charge in [-0.2, -0.15) is 0 Å². The highest BCUT2D eigenvalue weighted by Crippen LogP contribution is 2.43. The number of anilines is 1. The summed E-state index contributed by atoms with van der Waals surface area (Å²) in [6, 6.07) is 19.5. The molecule has 0 bridgehead atoms. The van der Waals surface area contributed by atoms with Crippen LogP contribution < -0.4 is 4.90 Å². The van der Waals surface area contributed by atoms with Crippen LogP contribution >= 0.6 is 11.6 Å². The number of halogens is 1. The van der Waals surface area contributed by atoms with Crippen molar-refractivity contribution in [3.63, 3.8) is 0 Å². The molecule has 1 fully saturated rings. The van der Waals surface area contributed by atoms with Gasteiger partial charge < -0.3 is 10.2 Å². The number of hydrogen-bond acceptors (Lipinski definition) is 4. The standard InChI is InChI=1S/C25H20ClNO4/c1-2-15-8-11-18(12-9-15)27-22(17-10-13-20(28)19(26)14-17)21(24(30)25(27)31)23(29)16-6-4-3-5-7-16/h3-14,22,28-29H,2H2,1H3/b23-21-. The van der Waals surface area contributed by atoms with Crippen molar-refractivity contribution in [1.29, 1.82) is 0 Å². The lowest BCUT2D eigenvalue weighted by Gasteiger charge is -2.26. The van der Waals surface area contributed by atoms with Gasteiger partial charge in [0, 0.05) is 11.3 Å². The summed E-state index contributed by atoms with van der Waals surface area (Å²) in [6.07, 6.45) is 0.837. The molecule has 1 aliphatic rings. The quantitative estimate of drug-likeness (QED) is 0.335. The van der Waals surface area contributed by atoms with Gasteiger partial charge in [0.2, 0.25) is 0 Å². The SMILES string of the molecule is CCc1ccc(N2C(=O)C(=O)/C(=C(\O)c3ccccc3)C2c2ccc(O)c(Cl)c2)cc1. The van der Waals surface area contributed by atoms with Crippen molar-refractivity contribution < 1.29 is 19.8 Å². The van der Waals surface area contributed by atoms with Crippen molar-refractivity contribution in [1.82, 2.24) is 0 Å². The summed E-state index contributed by atoms with van der Waals surface area (Å²) in [4.78, 5) is 27.5. The fourth-order valence-corrected chi connectivity index (χ4v) is 3.94. The fraction of sp³-hybridized carbons (Fsp3) is 0.120. The molecule has 1 saturated heterocycles. The molecule has 3 aromatic rings. The minimum atomic E-state index is -0.897. The van der Waals surface area contributed by atoms with Gasteiger partial charge in [-0.1, -0.05) is 67.1 Å². The number of aliphatic hydroxyl groups is 1. The summed E-state index contributed by atoms with van der Waals surface area (Å²) in [5.41, 5.74) is 2.52. The Morgan fingerprint density at radius 3 is 2.29 bits per heavy atom. The molecule has 1 atom stereocenters. The number of aliphatic hydroxyl groups excluding tert-OH is 1. The van der Waals surface area contributed by atoms with Crippen molar-refractivity contribution in [2.24, 2.45) is 0 Å². The van der Waals surface area contributed by atoms with Crippen LogP contribution in [0.4, 0.5) is 5.69 Å². The van der Waals surface area contributed by atoms with E-state index in [0.717, 1.165) is 12.0 Å². The summed E-state index contributed by atoms with van der Waals surface area (Å²) in [6.45, 7) is 2.03. The van der Waals surface area contributed by atoms with E-state index >= 15 is 0 Å². The first-order chi connectivity index (χ1) is 14.9. The number of aromatic hydroxyl groups is 1. The highest BCUT2D eigenvalue weighted by molar-refractivity contribution is 6.51. The lowest BCUT2D eigenvalue weighted by Crippen LogP contribution is -2.29. The Labute approximate surface area is 184 Å². The van der Waals surface area contributed by atoms with Gasteiger partial charge in [0.15, 0.2) is 0 Å². The maximum atomic E-state index is 13.1. The topological polar surface area (TPSA) is 77.8 Å². The zero-order valence-corrected chi connectivity index (χ0v) is 17.5. The molecule has 0 saturated carbocycles. The zero-order valence-electron chi connectivity index (χ0n) is 16.7. The number of rotatable bonds is 4. The largest absolute Gasteiger partial charge is 0.507 e. The number of aryl methyl sites for hydroxylation is 1. The second kappa shape index (κ2) is 8.28. The lowest BCUT2D eigenvalue weighted by atomic mass is 9.95. The van der Waals surface area contributed by atoms with Crippen LogP contribution in [0.5, 0.6) is 5.75 Å². The first-order valence-corrected chi connectivity index (χ1v) is 10.2. The number of carbonyl (C=O) groups is 2. The van der Waals surface area contributed by atoms with Crippen molar-refractivity contribution >= 4 is 34.7 Å². The van der Waals surface area contributed by atoms with Crippen molar-refractivity contribution in [2.75, 3.05) is 4.90 Å². The summed E-state index contributed by atoms with van der Waals surface area (Å²) < 4.78 is 0. The Balaban J connectivity index is 1.94. The number of ketones is 1. The van der Waals surface area contributed by atoms with E-state index < -0.39 is 17.7 Å². The molecule has 1 aliphatic heterocycles. The Bertz CT molecular complexity index is 1190. The number of carbonyl (C=O) groups excluding carboxylic acids is 2. The number of phenolic OH excluding ortho intramolecular Hbond substituents is 1. The Kier molecular flexibility index (Phi) is 5.53. The molecule has 0 aliphatic carbocycles. The molecule has 4 rings (SSSR count). The van der Waals surface area contributed by atoms with Crippen LogP contribution in [0.15, 0.2) is 78.4 Å². The van der Waals surface area contributed by atoms with Gasteiger partial charge in [0.05, 0.1) is 16.6 Å². The van der Waals surface area contributed by atoms with Gasteiger partial charge in [0.25, 0.3) is 11.7 Å². The Morgan fingerprint density at radius 2 is 1.68 bits per heavy atom. The van der Waals surface area contributed by atoms with Gasteiger partial charge in [-0.15, -0.1) is 0 Å². The second-order valence-electron chi connectivity index (χ2n) is 7.27. The molecule has 5 nitrogen and oxygen atoms in total. The average molecular weight is 434 g/mol. The highest BCUT2D eigenvalue weighted by Gasteiger charge is 2.47. The van der Waals surface area contributed by atoms with Gasteiger partial charge in [-0.3, -0.25) is 14.5 Å². The van der Waals surface area contributed by atoms with E-state index in [4.69, 9.17) is 11.6 Å². The Morgan fingerprint density at radius 1 is 1.00 bits per heavy atom. The minimum absolute atomic E-state index is 0.0301. The van der Waals surface area contributed by atoms with Gasteiger partial charge >= 0.3 is 0 Å². The molecule has 6 heteroatoms. The normalized spacial score (nSPS) is 17.9. The van der Waals surface area contributed by atoms with Gasteiger partial charge in [-0.25, -0.2) is 0 Å². The summed E-state index contributed by atoms with van der Waals surface area (Å²) in [5.74, 6) is -1.90. The molecule has 0 spiro atoms. The summed E-state index contributed by atoms with van der Waals surface area (Å²) in [5, 5.41) is 20.9. The summed E-state index contributed by atoms with van der Waals surface area (Å²) >= 11 is 6.13. The maximum absolute atomic E-state index is 13.1. The molecule has 1 unspecified atom stereocenters. The smallest absolute Gasteiger partial charge is 0.300 e. The molecule has 2 N–H and O–H groups in total. The summed E-state index contributed by atoms with van der Waals surface area (Å²) in [7, 11) is 0. The maximum Gasteiger partial charge on any atom is 0.300 e. The molecule has 1 amide bonds. The van der Waals surface area contributed by atoms with E-state index in [2.05, 4.69) is 0 Å². The van der Waals surface area contributed by atoms with Gasteiger partial charge in [-0.05, 0) is 41.8 Å². The van der Waals surface area contributed by atoms with Crippen LogP contribution in [0.3, 0.4) is 0 Å². The lowest BCUT2D eigenvalue weighted by molar-refractivity contribution is -0.132. The molecular weight excluding hydrogens is 414 g/mol. The molecule has 31 heavy (non-hydrogen) atoms. The third kappa shape index (κ3) is 3.68. The number of Topliss-reactive ketones (excluding diaryl/α,β-unsaturated/α-hetero) is 1. The Hall–Kier alpha value is -3.57. The predicted molar refractivity (Wildman–Crippen MR) is 120 cm³/mol. The second-order valence-corrected chi connectivity index (χ2v) is 7.67. The molecule has 1 heterocycles. The molecular formula is C25H20ClNO4. The van der Waals surface area contributed by atoms with Crippen molar-refractivity contribution in [2.45, 2.75) is 19.4 Å². The van der Waals surface area contributed by atoms with E-state index in [0.29, 0.717) is 16.8 Å². The number of hydrogen-bond donors (Lipinski definition) is 2. The number of nitrogens with zero attached hydrogens (tertiary/aromatic N) is 1. The molecule has 0 aromatic heterocycles.